The molecule has 1 amide bonds. The van der Waals surface area contributed by atoms with E-state index < -0.39 is 0 Å². The maximum absolute atomic E-state index is 12.4. The Hall–Kier alpha value is -3.13. The Morgan fingerprint density at radius 3 is 2.37 bits per heavy atom. The predicted molar refractivity (Wildman–Crippen MR) is 101 cm³/mol. The summed E-state index contributed by atoms with van der Waals surface area (Å²) in [5.74, 6) is 0.294. The van der Waals surface area contributed by atoms with Crippen LogP contribution in [0.25, 0.3) is 0 Å². The van der Waals surface area contributed by atoms with Gasteiger partial charge in [0.2, 0.25) is 5.95 Å². The Morgan fingerprint density at radius 2 is 1.67 bits per heavy atom. The molecule has 1 aliphatic heterocycles. The number of ether oxygens (including phenoxy) is 1. The maximum Gasteiger partial charge on any atom is 0.338 e. The average Bonchev–Trinajstić information content (AvgIpc) is 3.11. The summed E-state index contributed by atoms with van der Waals surface area (Å²) in [7, 11) is 0. The van der Waals surface area contributed by atoms with E-state index >= 15 is 0 Å². The van der Waals surface area contributed by atoms with E-state index in [0.29, 0.717) is 34.5 Å². The van der Waals surface area contributed by atoms with E-state index in [-0.39, 0.29) is 18.0 Å². The summed E-state index contributed by atoms with van der Waals surface area (Å²) in [6.07, 6.45) is -0.335. The molecule has 7 nitrogen and oxygen atoms in total. The van der Waals surface area contributed by atoms with Crippen molar-refractivity contribution in [1.82, 2.24) is 14.8 Å². The molecule has 136 valence electrons. The van der Waals surface area contributed by atoms with Crippen LogP contribution in [0, 0.1) is 0 Å². The molecule has 1 atom stereocenters. The summed E-state index contributed by atoms with van der Waals surface area (Å²) in [4.78, 5) is 24.6. The van der Waals surface area contributed by atoms with Gasteiger partial charge in [-0.3, -0.25) is 14.7 Å². The van der Waals surface area contributed by atoms with Crippen LogP contribution in [0.15, 0.2) is 65.8 Å². The zero-order valence-corrected chi connectivity index (χ0v) is 15.1. The van der Waals surface area contributed by atoms with Crippen LogP contribution < -0.4 is 5.32 Å². The standard InChI is InChI=1S/C19H16N4O3S/c24-16(13-7-3-1-4-8-13)20-18-21-22-19-23(18)11-15(12-27-19)26-17(25)14-9-5-2-6-10-14/h1-10,15H,11-12H2,(H,20,21,24). The lowest BCUT2D eigenvalue weighted by Gasteiger charge is -2.23. The van der Waals surface area contributed by atoms with E-state index in [0.717, 1.165) is 0 Å². The number of carbonyl (C=O) groups is 2. The van der Waals surface area contributed by atoms with Gasteiger partial charge in [0.05, 0.1) is 12.1 Å². The summed E-state index contributed by atoms with van der Waals surface area (Å²) >= 11 is 1.44. The Bertz CT molecular complexity index is 960. The second-order valence-corrected chi connectivity index (χ2v) is 6.93. The summed E-state index contributed by atoms with van der Waals surface area (Å²) < 4.78 is 7.36. The molecular weight excluding hydrogens is 364 g/mol. The van der Waals surface area contributed by atoms with Gasteiger partial charge in [-0.2, -0.15) is 0 Å². The van der Waals surface area contributed by atoms with Gasteiger partial charge < -0.3 is 4.74 Å². The number of aromatic nitrogens is 3. The first-order valence-corrected chi connectivity index (χ1v) is 9.37. The van der Waals surface area contributed by atoms with Crippen molar-refractivity contribution >= 4 is 29.6 Å². The van der Waals surface area contributed by atoms with Gasteiger partial charge in [-0.1, -0.05) is 48.2 Å². The molecule has 1 aromatic heterocycles. The number of hydrogen-bond acceptors (Lipinski definition) is 6. The van der Waals surface area contributed by atoms with Crippen LogP contribution in [-0.4, -0.2) is 38.5 Å². The van der Waals surface area contributed by atoms with E-state index in [1.807, 2.05) is 12.1 Å². The topological polar surface area (TPSA) is 86.1 Å². The minimum absolute atomic E-state index is 0.265. The summed E-state index contributed by atoms with van der Waals surface area (Å²) in [6, 6.07) is 17.7. The highest BCUT2D eigenvalue weighted by molar-refractivity contribution is 7.99. The summed E-state index contributed by atoms with van der Waals surface area (Å²) in [6.45, 7) is 0.387. The van der Waals surface area contributed by atoms with Gasteiger partial charge in [0.1, 0.15) is 6.10 Å². The molecule has 0 fully saturated rings. The minimum Gasteiger partial charge on any atom is -0.456 e. The van der Waals surface area contributed by atoms with Gasteiger partial charge in [0, 0.05) is 11.3 Å². The zero-order chi connectivity index (χ0) is 18.6. The lowest BCUT2D eigenvalue weighted by Crippen LogP contribution is -2.30. The van der Waals surface area contributed by atoms with E-state index in [1.165, 1.54) is 11.8 Å². The van der Waals surface area contributed by atoms with Crippen molar-refractivity contribution in [3.63, 3.8) is 0 Å². The minimum atomic E-state index is -0.368. The molecular formula is C19H16N4O3S. The van der Waals surface area contributed by atoms with Gasteiger partial charge in [0.25, 0.3) is 5.91 Å². The largest absolute Gasteiger partial charge is 0.456 e. The van der Waals surface area contributed by atoms with Crippen molar-refractivity contribution in [1.29, 1.82) is 0 Å². The third-order valence-electron chi connectivity index (χ3n) is 4.05. The first kappa shape index (κ1) is 17.3. The molecule has 0 saturated carbocycles. The number of esters is 1. The molecule has 0 saturated heterocycles. The fourth-order valence-corrected chi connectivity index (χ4v) is 3.63. The quantitative estimate of drug-likeness (QED) is 0.701. The Labute approximate surface area is 159 Å². The number of anilines is 1. The molecule has 0 radical (unpaired) electrons. The van der Waals surface area contributed by atoms with E-state index in [9.17, 15) is 9.59 Å². The zero-order valence-electron chi connectivity index (χ0n) is 14.2. The number of fused-ring (bicyclic) bond motifs is 1. The van der Waals surface area contributed by atoms with E-state index in [2.05, 4.69) is 15.5 Å². The SMILES string of the molecule is O=C(Nc1nnc2n1CC(OC(=O)c1ccccc1)CS2)c1ccccc1. The summed E-state index contributed by atoms with van der Waals surface area (Å²) in [5.41, 5.74) is 1.04. The number of hydrogen-bond donors (Lipinski definition) is 1. The van der Waals surface area contributed by atoms with Crippen molar-refractivity contribution in [3.05, 3.63) is 71.8 Å². The van der Waals surface area contributed by atoms with Crippen molar-refractivity contribution in [2.45, 2.75) is 17.8 Å². The van der Waals surface area contributed by atoms with E-state index in [1.54, 1.807) is 53.1 Å². The monoisotopic (exact) mass is 380 g/mol. The normalized spacial score (nSPS) is 15.6. The molecule has 8 heteroatoms. The molecule has 3 aromatic rings. The molecule has 1 N–H and O–H groups in total. The van der Waals surface area contributed by atoms with Gasteiger partial charge >= 0.3 is 5.97 Å². The van der Waals surface area contributed by atoms with Crippen LogP contribution in [0.4, 0.5) is 5.95 Å². The Kier molecular flexibility index (Phi) is 4.88. The maximum atomic E-state index is 12.4. The van der Waals surface area contributed by atoms with Gasteiger partial charge in [-0.15, -0.1) is 10.2 Å². The average molecular weight is 380 g/mol. The molecule has 0 bridgehead atoms. The molecule has 2 heterocycles. The number of carbonyl (C=O) groups excluding carboxylic acids is 2. The number of nitrogens with zero attached hydrogens (tertiary/aromatic N) is 3. The van der Waals surface area contributed by atoms with Crippen molar-refractivity contribution in [2.24, 2.45) is 0 Å². The highest BCUT2D eigenvalue weighted by Gasteiger charge is 2.27. The molecule has 1 unspecified atom stereocenters. The lowest BCUT2D eigenvalue weighted by atomic mass is 10.2. The number of thioether (sulfide) groups is 1. The smallest absolute Gasteiger partial charge is 0.338 e. The van der Waals surface area contributed by atoms with Crippen molar-refractivity contribution in [3.8, 4) is 0 Å². The number of rotatable bonds is 4. The number of amides is 1. The molecule has 27 heavy (non-hydrogen) atoms. The number of nitrogens with one attached hydrogen (secondary N) is 1. The van der Waals surface area contributed by atoms with Crippen molar-refractivity contribution < 1.29 is 14.3 Å². The van der Waals surface area contributed by atoms with Crippen LogP contribution in [0.2, 0.25) is 0 Å². The number of benzene rings is 2. The Morgan fingerprint density at radius 1 is 1.00 bits per heavy atom. The summed E-state index contributed by atoms with van der Waals surface area (Å²) in [5, 5.41) is 11.6. The van der Waals surface area contributed by atoms with Crippen LogP contribution in [0.3, 0.4) is 0 Å². The highest BCUT2D eigenvalue weighted by Crippen LogP contribution is 2.28. The molecule has 0 spiro atoms. The third-order valence-corrected chi connectivity index (χ3v) is 5.14. The fourth-order valence-electron chi connectivity index (χ4n) is 2.70. The van der Waals surface area contributed by atoms with Crippen LogP contribution in [0.1, 0.15) is 20.7 Å². The molecule has 0 aliphatic carbocycles. The van der Waals surface area contributed by atoms with Gasteiger partial charge in [0.15, 0.2) is 5.16 Å². The van der Waals surface area contributed by atoms with E-state index in [4.69, 9.17) is 4.74 Å². The lowest BCUT2D eigenvalue weighted by molar-refractivity contribution is 0.0305. The van der Waals surface area contributed by atoms with Crippen LogP contribution in [-0.2, 0) is 11.3 Å². The van der Waals surface area contributed by atoms with Gasteiger partial charge in [-0.25, -0.2) is 4.79 Å². The first-order chi connectivity index (χ1) is 13.2. The second kappa shape index (κ2) is 7.63. The second-order valence-electron chi connectivity index (χ2n) is 5.94. The molecule has 1 aliphatic rings. The van der Waals surface area contributed by atoms with Crippen molar-refractivity contribution in [2.75, 3.05) is 11.1 Å². The predicted octanol–water partition coefficient (Wildman–Crippen LogP) is 2.86. The first-order valence-electron chi connectivity index (χ1n) is 8.39. The van der Waals surface area contributed by atoms with Gasteiger partial charge in [-0.05, 0) is 24.3 Å². The van der Waals surface area contributed by atoms with Crippen LogP contribution >= 0.6 is 11.8 Å². The molecule has 2 aromatic carbocycles. The Balaban J connectivity index is 1.45. The molecule has 4 rings (SSSR count). The third kappa shape index (κ3) is 3.85. The van der Waals surface area contributed by atoms with Crippen LogP contribution in [0.5, 0.6) is 0 Å². The highest BCUT2D eigenvalue weighted by atomic mass is 32.2. The fraction of sp³-hybridized carbons (Fsp3) is 0.158.